The molecule has 0 atom stereocenters. The van der Waals surface area contributed by atoms with Crippen molar-refractivity contribution in [3.8, 4) is 0 Å². The quantitative estimate of drug-likeness (QED) is 0.619. The van der Waals surface area contributed by atoms with Crippen LogP contribution < -0.4 is 0 Å². The van der Waals surface area contributed by atoms with Crippen LogP contribution in [0.2, 0.25) is 0 Å². The van der Waals surface area contributed by atoms with Crippen LogP contribution in [0, 0.1) is 10.1 Å². The van der Waals surface area contributed by atoms with Gasteiger partial charge in [-0.3, -0.25) is 10.1 Å². The molecule has 0 aliphatic heterocycles. The molecule has 2 aromatic carbocycles. The molecular weight excluding hydrogens is 302 g/mol. The van der Waals surface area contributed by atoms with E-state index in [-0.39, 0.29) is 10.6 Å². The fourth-order valence-corrected chi connectivity index (χ4v) is 2.51. The minimum Gasteiger partial charge on any atom is -0.258 e. The number of nitrogens with zero attached hydrogens (tertiary/aromatic N) is 1. The van der Waals surface area contributed by atoms with E-state index in [1.54, 1.807) is 18.2 Å². The van der Waals surface area contributed by atoms with Crippen molar-refractivity contribution in [2.24, 2.45) is 0 Å². The van der Waals surface area contributed by atoms with Gasteiger partial charge in [0.1, 0.15) is 0 Å². The minimum absolute atomic E-state index is 0.139. The summed E-state index contributed by atoms with van der Waals surface area (Å²) in [5.74, 6) is 0. The van der Waals surface area contributed by atoms with Gasteiger partial charge < -0.3 is 0 Å². The number of halogens is 1. The van der Waals surface area contributed by atoms with E-state index in [0.29, 0.717) is 4.90 Å². The third-order valence-corrected chi connectivity index (χ3v) is 3.71. The fraction of sp³-hybridized carbons (Fsp3) is 0. The molecule has 0 saturated heterocycles. The zero-order valence-electron chi connectivity index (χ0n) is 8.67. The Hall–Kier alpha value is -1.33. The summed E-state index contributed by atoms with van der Waals surface area (Å²) >= 11 is 4.74. The SMILES string of the molecule is O=[N+]([O-])c1ccccc1Sc1ccc(Br)cc1. The predicted octanol–water partition coefficient (Wildman–Crippen LogP) is 4.51. The summed E-state index contributed by atoms with van der Waals surface area (Å²) < 4.78 is 0.990. The van der Waals surface area contributed by atoms with Crippen LogP contribution in [-0.2, 0) is 0 Å². The number of para-hydroxylation sites is 1. The molecule has 0 unspecified atom stereocenters. The zero-order valence-corrected chi connectivity index (χ0v) is 11.1. The van der Waals surface area contributed by atoms with Gasteiger partial charge in [-0.25, -0.2) is 0 Å². The maximum Gasteiger partial charge on any atom is 0.283 e. The maximum atomic E-state index is 10.9. The lowest BCUT2D eigenvalue weighted by Gasteiger charge is -2.02. The van der Waals surface area contributed by atoms with E-state index >= 15 is 0 Å². The summed E-state index contributed by atoms with van der Waals surface area (Å²) in [5.41, 5.74) is 0.139. The lowest BCUT2D eigenvalue weighted by molar-refractivity contribution is -0.387. The van der Waals surface area contributed by atoms with Crippen LogP contribution in [0.1, 0.15) is 0 Å². The smallest absolute Gasteiger partial charge is 0.258 e. The van der Waals surface area contributed by atoms with Gasteiger partial charge in [-0.1, -0.05) is 39.8 Å². The van der Waals surface area contributed by atoms with Gasteiger partial charge in [0, 0.05) is 15.4 Å². The Morgan fingerprint density at radius 2 is 1.71 bits per heavy atom. The first-order valence-electron chi connectivity index (χ1n) is 4.83. The molecule has 17 heavy (non-hydrogen) atoms. The van der Waals surface area contributed by atoms with E-state index in [0.717, 1.165) is 9.37 Å². The molecule has 0 aliphatic carbocycles. The number of rotatable bonds is 3. The summed E-state index contributed by atoms with van der Waals surface area (Å²) in [6, 6.07) is 14.4. The highest BCUT2D eigenvalue weighted by Gasteiger charge is 2.13. The highest BCUT2D eigenvalue weighted by Crippen LogP contribution is 2.34. The van der Waals surface area contributed by atoms with Gasteiger partial charge >= 0.3 is 0 Å². The van der Waals surface area contributed by atoms with Crippen molar-refractivity contribution in [3.05, 3.63) is 63.1 Å². The number of hydrogen-bond acceptors (Lipinski definition) is 3. The molecule has 2 aromatic rings. The highest BCUT2D eigenvalue weighted by atomic mass is 79.9. The van der Waals surface area contributed by atoms with Crippen molar-refractivity contribution < 1.29 is 4.92 Å². The highest BCUT2D eigenvalue weighted by molar-refractivity contribution is 9.10. The van der Waals surface area contributed by atoms with E-state index in [1.807, 2.05) is 24.3 Å². The molecular formula is C12H8BrNO2S. The van der Waals surface area contributed by atoms with Gasteiger partial charge in [0.05, 0.1) is 9.82 Å². The molecule has 0 aliphatic rings. The third-order valence-electron chi connectivity index (χ3n) is 2.10. The zero-order chi connectivity index (χ0) is 12.3. The molecule has 5 heteroatoms. The Kier molecular flexibility index (Phi) is 3.81. The largest absolute Gasteiger partial charge is 0.283 e. The van der Waals surface area contributed by atoms with Gasteiger partial charge in [-0.05, 0) is 30.3 Å². The van der Waals surface area contributed by atoms with Gasteiger partial charge in [-0.2, -0.15) is 0 Å². The van der Waals surface area contributed by atoms with E-state index in [4.69, 9.17) is 0 Å². The number of benzene rings is 2. The molecule has 0 fully saturated rings. The number of nitro groups is 1. The first kappa shape index (κ1) is 12.1. The van der Waals surface area contributed by atoms with Crippen molar-refractivity contribution in [2.45, 2.75) is 9.79 Å². The standard InChI is InChI=1S/C12H8BrNO2S/c13-9-5-7-10(8-6-9)17-12-4-2-1-3-11(12)14(15)16/h1-8H. The Balaban J connectivity index is 2.30. The van der Waals surface area contributed by atoms with Crippen LogP contribution in [0.5, 0.6) is 0 Å². The third kappa shape index (κ3) is 3.08. The van der Waals surface area contributed by atoms with Crippen molar-refractivity contribution in [2.75, 3.05) is 0 Å². The maximum absolute atomic E-state index is 10.9. The van der Waals surface area contributed by atoms with Crippen molar-refractivity contribution in [3.63, 3.8) is 0 Å². The monoisotopic (exact) mass is 309 g/mol. The summed E-state index contributed by atoms with van der Waals surface area (Å²) in [5, 5.41) is 10.9. The Labute approximate surface area is 111 Å². The fourth-order valence-electron chi connectivity index (χ4n) is 1.32. The molecule has 0 amide bonds. The van der Waals surface area contributed by atoms with Crippen molar-refractivity contribution in [1.29, 1.82) is 0 Å². The Bertz CT molecular complexity index is 542. The van der Waals surface area contributed by atoms with Crippen LogP contribution in [0.25, 0.3) is 0 Å². The van der Waals surface area contributed by atoms with E-state index < -0.39 is 0 Å². The molecule has 0 aromatic heterocycles. The second-order valence-electron chi connectivity index (χ2n) is 3.28. The van der Waals surface area contributed by atoms with Crippen LogP contribution in [0.15, 0.2) is 62.8 Å². The van der Waals surface area contributed by atoms with Gasteiger partial charge in [0.15, 0.2) is 0 Å². The predicted molar refractivity (Wildman–Crippen MR) is 71.4 cm³/mol. The summed E-state index contributed by atoms with van der Waals surface area (Å²) in [4.78, 5) is 12.1. The molecule has 86 valence electrons. The summed E-state index contributed by atoms with van der Waals surface area (Å²) in [6.45, 7) is 0. The molecule has 0 radical (unpaired) electrons. The lowest BCUT2D eigenvalue weighted by atomic mass is 10.3. The van der Waals surface area contributed by atoms with Gasteiger partial charge in [0.25, 0.3) is 5.69 Å². The van der Waals surface area contributed by atoms with E-state index in [1.165, 1.54) is 17.8 Å². The van der Waals surface area contributed by atoms with Crippen molar-refractivity contribution in [1.82, 2.24) is 0 Å². The average Bonchev–Trinajstić information content (AvgIpc) is 2.32. The number of hydrogen-bond donors (Lipinski definition) is 0. The van der Waals surface area contributed by atoms with Crippen molar-refractivity contribution >= 4 is 33.4 Å². The Morgan fingerprint density at radius 1 is 1.06 bits per heavy atom. The molecule has 0 bridgehead atoms. The second kappa shape index (κ2) is 5.33. The second-order valence-corrected chi connectivity index (χ2v) is 5.31. The van der Waals surface area contributed by atoms with Crippen LogP contribution in [-0.4, -0.2) is 4.92 Å². The van der Waals surface area contributed by atoms with E-state index in [2.05, 4.69) is 15.9 Å². The van der Waals surface area contributed by atoms with Crippen LogP contribution in [0.4, 0.5) is 5.69 Å². The van der Waals surface area contributed by atoms with Gasteiger partial charge in [-0.15, -0.1) is 0 Å². The first-order chi connectivity index (χ1) is 8.16. The molecule has 0 spiro atoms. The lowest BCUT2D eigenvalue weighted by Crippen LogP contribution is -1.89. The summed E-state index contributed by atoms with van der Waals surface area (Å²) in [7, 11) is 0. The molecule has 3 nitrogen and oxygen atoms in total. The average molecular weight is 310 g/mol. The van der Waals surface area contributed by atoms with Crippen LogP contribution in [0.3, 0.4) is 0 Å². The first-order valence-corrected chi connectivity index (χ1v) is 6.44. The van der Waals surface area contributed by atoms with Gasteiger partial charge in [0.2, 0.25) is 0 Å². The number of nitro benzene ring substituents is 1. The van der Waals surface area contributed by atoms with Crippen LogP contribution >= 0.6 is 27.7 Å². The van der Waals surface area contributed by atoms with E-state index in [9.17, 15) is 10.1 Å². The molecule has 0 heterocycles. The normalized spacial score (nSPS) is 10.2. The minimum atomic E-state index is -0.360. The summed E-state index contributed by atoms with van der Waals surface area (Å²) in [6.07, 6.45) is 0. The Morgan fingerprint density at radius 3 is 2.35 bits per heavy atom. The molecule has 0 saturated carbocycles. The molecule has 2 rings (SSSR count). The molecule has 0 N–H and O–H groups in total. The topological polar surface area (TPSA) is 43.1 Å².